The molecule has 0 aromatic rings. The van der Waals surface area contributed by atoms with Crippen LogP contribution < -0.4 is 0 Å². The maximum atomic E-state index is 10.1. The molecule has 0 aliphatic heterocycles. The molecule has 0 bridgehead atoms. The van der Waals surface area contributed by atoms with Crippen LogP contribution in [-0.4, -0.2) is 23.4 Å². The molecule has 0 amide bonds. The van der Waals surface area contributed by atoms with Gasteiger partial charge in [0, 0.05) is 19.4 Å². The van der Waals surface area contributed by atoms with E-state index in [2.05, 4.69) is 20.8 Å². The third-order valence-electron chi connectivity index (χ3n) is 2.96. The molecule has 1 aliphatic carbocycles. The molecule has 1 aliphatic rings. The number of hydrogen-bond donors (Lipinski definition) is 1. The number of aliphatic hydroxyl groups is 1. The molecule has 1 saturated carbocycles. The molecule has 0 spiro atoms. The van der Waals surface area contributed by atoms with Gasteiger partial charge in [0.2, 0.25) is 0 Å². The number of rotatable bonds is 4. The van der Waals surface area contributed by atoms with Gasteiger partial charge < -0.3 is 9.84 Å². The molecule has 2 nitrogen and oxygen atoms in total. The minimum Gasteiger partial charge on any atom is -0.390 e. The normalized spacial score (nSPS) is 32.8. The van der Waals surface area contributed by atoms with Crippen LogP contribution in [0.3, 0.4) is 0 Å². The second kappa shape index (κ2) is 4.19. The van der Waals surface area contributed by atoms with E-state index in [1.54, 1.807) is 0 Å². The summed E-state index contributed by atoms with van der Waals surface area (Å²) in [5.41, 5.74) is -0.0977. The highest BCUT2D eigenvalue weighted by molar-refractivity contribution is 4.95. The van der Waals surface area contributed by atoms with Crippen molar-refractivity contribution in [1.29, 1.82) is 0 Å². The van der Waals surface area contributed by atoms with Gasteiger partial charge in [0.05, 0.1) is 11.7 Å². The van der Waals surface area contributed by atoms with Crippen LogP contribution in [0.1, 0.15) is 53.4 Å². The van der Waals surface area contributed by atoms with Gasteiger partial charge >= 0.3 is 0 Å². The third-order valence-corrected chi connectivity index (χ3v) is 2.96. The Labute approximate surface area is 87.7 Å². The first-order valence-corrected chi connectivity index (χ1v) is 5.69. The highest BCUT2D eigenvalue weighted by atomic mass is 16.5. The van der Waals surface area contributed by atoms with E-state index >= 15 is 0 Å². The van der Waals surface area contributed by atoms with Gasteiger partial charge in [-0.05, 0) is 25.2 Å². The Kier molecular flexibility index (Phi) is 3.59. The zero-order valence-corrected chi connectivity index (χ0v) is 9.97. The predicted octanol–water partition coefficient (Wildman–Crippen LogP) is 2.74. The van der Waals surface area contributed by atoms with Gasteiger partial charge in [0.15, 0.2) is 0 Å². The summed E-state index contributed by atoms with van der Waals surface area (Å²) in [5.74, 6) is 0. The average Bonchev–Trinajstić information content (AvgIpc) is 1.97. The molecular weight excluding hydrogens is 176 g/mol. The lowest BCUT2D eigenvalue weighted by Crippen LogP contribution is -2.48. The summed E-state index contributed by atoms with van der Waals surface area (Å²) in [6.45, 7) is 9.42. The average molecular weight is 200 g/mol. The first kappa shape index (κ1) is 12.0. The quantitative estimate of drug-likeness (QED) is 0.756. The van der Waals surface area contributed by atoms with Gasteiger partial charge in [-0.1, -0.05) is 20.8 Å². The maximum Gasteiger partial charge on any atom is 0.0697 e. The van der Waals surface area contributed by atoms with Crippen LogP contribution in [0.25, 0.3) is 0 Å². The zero-order chi connectivity index (χ0) is 10.8. The van der Waals surface area contributed by atoms with E-state index in [4.69, 9.17) is 4.74 Å². The lowest BCUT2D eigenvalue weighted by molar-refractivity contribution is -0.143. The van der Waals surface area contributed by atoms with Crippen molar-refractivity contribution < 1.29 is 9.84 Å². The summed E-state index contributed by atoms with van der Waals surface area (Å²) in [5, 5.41) is 10.1. The summed E-state index contributed by atoms with van der Waals surface area (Å²) in [7, 11) is 0. The fraction of sp³-hybridized carbons (Fsp3) is 1.00. The summed E-state index contributed by atoms with van der Waals surface area (Å²) < 4.78 is 5.45. The van der Waals surface area contributed by atoms with Gasteiger partial charge in [-0.15, -0.1) is 0 Å². The Balaban J connectivity index is 2.21. The Bertz CT molecular complexity index is 175. The molecule has 14 heavy (non-hydrogen) atoms. The molecule has 2 heteroatoms. The van der Waals surface area contributed by atoms with E-state index in [1.807, 2.05) is 6.92 Å². The van der Waals surface area contributed by atoms with Gasteiger partial charge in [0.1, 0.15) is 0 Å². The van der Waals surface area contributed by atoms with E-state index in [0.717, 1.165) is 32.3 Å². The molecule has 1 rings (SSSR count). The SMILES string of the molecule is CCOC1CC(O)(CCC(C)(C)C)C1. The van der Waals surface area contributed by atoms with Crippen LogP contribution in [0.15, 0.2) is 0 Å². The first-order valence-electron chi connectivity index (χ1n) is 5.69. The highest BCUT2D eigenvalue weighted by Gasteiger charge is 2.43. The fourth-order valence-corrected chi connectivity index (χ4v) is 1.95. The monoisotopic (exact) mass is 200 g/mol. The standard InChI is InChI=1S/C12H24O2/c1-5-14-10-8-12(13,9-10)7-6-11(2,3)4/h10,13H,5-9H2,1-4H3. The second-order valence-corrected chi connectivity index (χ2v) is 5.77. The summed E-state index contributed by atoms with van der Waals surface area (Å²) in [4.78, 5) is 0. The Hall–Kier alpha value is -0.0800. The van der Waals surface area contributed by atoms with Crippen molar-refractivity contribution in [3.8, 4) is 0 Å². The first-order chi connectivity index (χ1) is 6.35. The van der Waals surface area contributed by atoms with Crippen LogP contribution >= 0.6 is 0 Å². The van der Waals surface area contributed by atoms with Crippen LogP contribution in [0.2, 0.25) is 0 Å². The minimum atomic E-state index is -0.423. The topological polar surface area (TPSA) is 29.5 Å². The van der Waals surface area contributed by atoms with E-state index in [-0.39, 0.29) is 0 Å². The van der Waals surface area contributed by atoms with Gasteiger partial charge in [0.25, 0.3) is 0 Å². The molecule has 0 unspecified atom stereocenters. The van der Waals surface area contributed by atoms with Crippen molar-refractivity contribution in [2.45, 2.75) is 65.1 Å². The number of hydrogen-bond acceptors (Lipinski definition) is 2. The summed E-state index contributed by atoms with van der Waals surface area (Å²) in [6, 6.07) is 0. The molecular formula is C12H24O2. The minimum absolute atomic E-state index is 0.310. The van der Waals surface area contributed by atoms with E-state index < -0.39 is 5.60 Å². The summed E-state index contributed by atoms with van der Waals surface area (Å²) >= 11 is 0. The largest absolute Gasteiger partial charge is 0.390 e. The fourth-order valence-electron chi connectivity index (χ4n) is 1.95. The lowest BCUT2D eigenvalue weighted by atomic mass is 9.72. The Morgan fingerprint density at radius 1 is 1.36 bits per heavy atom. The van der Waals surface area contributed by atoms with Crippen LogP contribution in [-0.2, 0) is 4.74 Å². The lowest BCUT2D eigenvalue weighted by Gasteiger charge is -2.44. The van der Waals surface area contributed by atoms with E-state index in [1.165, 1.54) is 0 Å². The molecule has 0 heterocycles. The molecule has 0 aromatic heterocycles. The Morgan fingerprint density at radius 2 is 1.93 bits per heavy atom. The predicted molar refractivity (Wildman–Crippen MR) is 58.3 cm³/mol. The van der Waals surface area contributed by atoms with Gasteiger partial charge in [-0.2, -0.15) is 0 Å². The molecule has 0 saturated heterocycles. The van der Waals surface area contributed by atoms with Crippen molar-refractivity contribution in [3.63, 3.8) is 0 Å². The second-order valence-electron chi connectivity index (χ2n) is 5.77. The van der Waals surface area contributed by atoms with Crippen molar-refractivity contribution in [1.82, 2.24) is 0 Å². The molecule has 0 aromatic carbocycles. The maximum absolute atomic E-state index is 10.1. The highest BCUT2D eigenvalue weighted by Crippen LogP contribution is 2.40. The van der Waals surface area contributed by atoms with Gasteiger partial charge in [-0.25, -0.2) is 0 Å². The van der Waals surface area contributed by atoms with E-state index in [9.17, 15) is 5.11 Å². The van der Waals surface area contributed by atoms with Crippen molar-refractivity contribution in [2.24, 2.45) is 5.41 Å². The zero-order valence-electron chi connectivity index (χ0n) is 9.97. The molecule has 0 radical (unpaired) electrons. The van der Waals surface area contributed by atoms with E-state index in [0.29, 0.717) is 11.5 Å². The van der Waals surface area contributed by atoms with Crippen molar-refractivity contribution in [2.75, 3.05) is 6.61 Å². The molecule has 84 valence electrons. The van der Waals surface area contributed by atoms with Gasteiger partial charge in [-0.3, -0.25) is 0 Å². The summed E-state index contributed by atoms with van der Waals surface area (Å²) in [6.07, 6.45) is 3.97. The van der Waals surface area contributed by atoms with Crippen LogP contribution in [0.4, 0.5) is 0 Å². The van der Waals surface area contributed by atoms with Crippen LogP contribution in [0.5, 0.6) is 0 Å². The molecule has 1 fully saturated rings. The smallest absolute Gasteiger partial charge is 0.0697 e. The number of ether oxygens (including phenoxy) is 1. The van der Waals surface area contributed by atoms with Crippen LogP contribution in [0, 0.1) is 5.41 Å². The molecule has 0 atom stereocenters. The molecule has 1 N–H and O–H groups in total. The van der Waals surface area contributed by atoms with Crippen molar-refractivity contribution >= 4 is 0 Å². The third kappa shape index (κ3) is 3.58. The Morgan fingerprint density at radius 3 is 2.36 bits per heavy atom. The van der Waals surface area contributed by atoms with Crippen molar-refractivity contribution in [3.05, 3.63) is 0 Å².